The molecule has 0 radical (unpaired) electrons. The zero-order valence-electron chi connectivity index (χ0n) is 8.78. The lowest BCUT2D eigenvalue weighted by Crippen LogP contribution is -2.18. The van der Waals surface area contributed by atoms with E-state index in [4.69, 9.17) is 10.5 Å². The van der Waals surface area contributed by atoms with Crippen LogP contribution in [0.25, 0.3) is 0 Å². The summed E-state index contributed by atoms with van der Waals surface area (Å²) in [5.74, 6) is 2.88. The van der Waals surface area contributed by atoms with Crippen molar-refractivity contribution in [2.75, 3.05) is 18.1 Å². The number of rotatable bonds is 6. The van der Waals surface area contributed by atoms with E-state index in [0.29, 0.717) is 0 Å². The minimum Gasteiger partial charge on any atom is -0.493 e. The van der Waals surface area contributed by atoms with Crippen LogP contribution in [0.4, 0.5) is 0 Å². The summed E-state index contributed by atoms with van der Waals surface area (Å²) in [6.07, 6.45) is 0. The zero-order valence-corrected chi connectivity index (χ0v) is 11.2. The third-order valence-corrected chi connectivity index (χ3v) is 3.38. The van der Waals surface area contributed by atoms with Crippen LogP contribution in [0.1, 0.15) is 6.92 Å². The average molecular weight is 290 g/mol. The van der Waals surface area contributed by atoms with E-state index in [1.165, 1.54) is 0 Å². The molecule has 1 atom stereocenters. The summed E-state index contributed by atoms with van der Waals surface area (Å²) >= 11 is 5.23. The van der Waals surface area contributed by atoms with Crippen LogP contribution in [0, 0.1) is 0 Å². The summed E-state index contributed by atoms with van der Waals surface area (Å²) in [7, 11) is 0. The number of ether oxygens (including phenoxy) is 1. The van der Waals surface area contributed by atoms with Gasteiger partial charge in [-0.05, 0) is 25.1 Å². The molecule has 0 aromatic heterocycles. The Morgan fingerprint density at radius 2 is 2.33 bits per heavy atom. The van der Waals surface area contributed by atoms with Crippen LogP contribution in [-0.2, 0) is 0 Å². The Bertz CT molecular complexity index is 294. The highest BCUT2D eigenvalue weighted by molar-refractivity contribution is 9.10. The molecule has 0 saturated heterocycles. The molecule has 0 spiro atoms. The van der Waals surface area contributed by atoms with Gasteiger partial charge >= 0.3 is 0 Å². The minimum absolute atomic E-state index is 0.265. The summed E-state index contributed by atoms with van der Waals surface area (Å²) in [5.41, 5.74) is 5.64. The first kappa shape index (κ1) is 12.9. The maximum atomic E-state index is 5.64. The number of hydrogen-bond donors (Lipinski definition) is 1. The van der Waals surface area contributed by atoms with Gasteiger partial charge in [0.15, 0.2) is 0 Å². The Balaban J connectivity index is 2.15. The monoisotopic (exact) mass is 289 g/mol. The van der Waals surface area contributed by atoms with Gasteiger partial charge in [0.05, 0.1) is 6.61 Å². The van der Waals surface area contributed by atoms with E-state index in [0.717, 1.165) is 28.3 Å². The first-order chi connectivity index (χ1) is 7.18. The quantitative estimate of drug-likeness (QED) is 0.818. The molecule has 0 fully saturated rings. The molecule has 2 N–H and O–H groups in total. The summed E-state index contributed by atoms with van der Waals surface area (Å²) in [5, 5.41) is 0. The predicted molar refractivity (Wildman–Crippen MR) is 70.6 cm³/mol. The summed E-state index contributed by atoms with van der Waals surface area (Å²) in [4.78, 5) is 0. The number of hydrogen-bond acceptors (Lipinski definition) is 3. The molecular weight excluding hydrogens is 274 g/mol. The topological polar surface area (TPSA) is 35.2 Å². The van der Waals surface area contributed by atoms with Crippen molar-refractivity contribution in [3.8, 4) is 5.75 Å². The first-order valence-electron chi connectivity index (χ1n) is 4.90. The molecule has 1 aromatic carbocycles. The molecular formula is C11H16BrNOS. The Morgan fingerprint density at radius 3 is 3.00 bits per heavy atom. The van der Waals surface area contributed by atoms with Gasteiger partial charge in [0.2, 0.25) is 0 Å². The molecule has 1 aromatic rings. The fourth-order valence-corrected chi connectivity index (χ4v) is 2.16. The maximum Gasteiger partial charge on any atom is 0.120 e. The molecule has 0 bridgehead atoms. The molecule has 0 aliphatic rings. The van der Waals surface area contributed by atoms with Gasteiger partial charge in [-0.1, -0.05) is 22.0 Å². The SMILES string of the molecule is CC(N)CSCCOc1cccc(Br)c1. The van der Waals surface area contributed by atoms with Crippen LogP contribution in [0.3, 0.4) is 0 Å². The van der Waals surface area contributed by atoms with Crippen LogP contribution < -0.4 is 10.5 Å². The highest BCUT2D eigenvalue weighted by Gasteiger charge is 1.96. The highest BCUT2D eigenvalue weighted by atomic mass is 79.9. The molecule has 4 heteroatoms. The predicted octanol–water partition coefficient (Wildman–Crippen LogP) is 2.91. The third-order valence-electron chi connectivity index (χ3n) is 1.67. The highest BCUT2D eigenvalue weighted by Crippen LogP contribution is 2.17. The normalized spacial score (nSPS) is 12.5. The van der Waals surface area contributed by atoms with Crippen molar-refractivity contribution in [2.24, 2.45) is 5.73 Å². The molecule has 0 amide bonds. The van der Waals surface area contributed by atoms with E-state index in [1.54, 1.807) is 0 Å². The largest absolute Gasteiger partial charge is 0.493 e. The van der Waals surface area contributed by atoms with E-state index in [9.17, 15) is 0 Å². The second-order valence-corrected chi connectivity index (χ2v) is 5.42. The Labute approximate surface area is 104 Å². The van der Waals surface area contributed by atoms with Gasteiger partial charge in [-0.15, -0.1) is 0 Å². The van der Waals surface area contributed by atoms with E-state index in [-0.39, 0.29) is 6.04 Å². The van der Waals surface area contributed by atoms with Crippen molar-refractivity contribution >= 4 is 27.7 Å². The van der Waals surface area contributed by atoms with Crippen molar-refractivity contribution in [3.63, 3.8) is 0 Å². The first-order valence-corrected chi connectivity index (χ1v) is 6.85. The second-order valence-electron chi connectivity index (χ2n) is 3.36. The molecule has 0 heterocycles. The zero-order chi connectivity index (χ0) is 11.1. The molecule has 2 nitrogen and oxygen atoms in total. The molecule has 15 heavy (non-hydrogen) atoms. The van der Waals surface area contributed by atoms with E-state index in [2.05, 4.69) is 15.9 Å². The number of nitrogens with two attached hydrogens (primary N) is 1. The van der Waals surface area contributed by atoms with Crippen LogP contribution in [0.15, 0.2) is 28.7 Å². The van der Waals surface area contributed by atoms with Crippen molar-refractivity contribution in [1.29, 1.82) is 0 Å². The minimum atomic E-state index is 0.265. The van der Waals surface area contributed by atoms with Gasteiger partial charge in [0, 0.05) is 22.0 Å². The van der Waals surface area contributed by atoms with E-state index in [1.807, 2.05) is 43.0 Å². The molecule has 0 aliphatic heterocycles. The lowest BCUT2D eigenvalue weighted by atomic mass is 10.3. The second kappa shape index (κ2) is 7.14. The van der Waals surface area contributed by atoms with Crippen LogP contribution in [-0.4, -0.2) is 24.2 Å². The van der Waals surface area contributed by atoms with Crippen molar-refractivity contribution in [2.45, 2.75) is 13.0 Å². The molecule has 0 aliphatic carbocycles. The van der Waals surface area contributed by atoms with Gasteiger partial charge in [-0.3, -0.25) is 0 Å². The van der Waals surface area contributed by atoms with Crippen molar-refractivity contribution in [3.05, 3.63) is 28.7 Å². The fourth-order valence-electron chi connectivity index (χ4n) is 1.04. The molecule has 1 unspecified atom stereocenters. The summed E-state index contributed by atoms with van der Waals surface area (Å²) in [6, 6.07) is 8.14. The molecule has 1 rings (SSSR count). The van der Waals surface area contributed by atoms with Crippen LogP contribution >= 0.6 is 27.7 Å². The van der Waals surface area contributed by atoms with Gasteiger partial charge in [0.25, 0.3) is 0 Å². The average Bonchev–Trinajstić information content (AvgIpc) is 2.17. The van der Waals surface area contributed by atoms with Crippen LogP contribution in [0.5, 0.6) is 5.75 Å². The summed E-state index contributed by atoms with van der Waals surface area (Å²) in [6.45, 7) is 2.75. The Hall–Kier alpha value is -0.190. The van der Waals surface area contributed by atoms with Gasteiger partial charge in [-0.25, -0.2) is 0 Å². The summed E-state index contributed by atoms with van der Waals surface area (Å²) < 4.78 is 6.62. The number of thioether (sulfide) groups is 1. The molecule has 0 saturated carbocycles. The number of benzene rings is 1. The molecule has 84 valence electrons. The van der Waals surface area contributed by atoms with Gasteiger partial charge in [-0.2, -0.15) is 11.8 Å². The Morgan fingerprint density at radius 1 is 1.53 bits per heavy atom. The standard InChI is InChI=1S/C11H16BrNOS/c1-9(13)8-15-6-5-14-11-4-2-3-10(12)7-11/h2-4,7,9H,5-6,8,13H2,1H3. The Kier molecular flexibility index (Phi) is 6.13. The van der Waals surface area contributed by atoms with Crippen molar-refractivity contribution < 1.29 is 4.74 Å². The van der Waals surface area contributed by atoms with Gasteiger partial charge in [0.1, 0.15) is 5.75 Å². The maximum absolute atomic E-state index is 5.64. The van der Waals surface area contributed by atoms with Crippen molar-refractivity contribution in [1.82, 2.24) is 0 Å². The third kappa shape index (κ3) is 6.07. The number of halogens is 1. The fraction of sp³-hybridized carbons (Fsp3) is 0.455. The van der Waals surface area contributed by atoms with E-state index < -0.39 is 0 Å². The smallest absolute Gasteiger partial charge is 0.120 e. The van der Waals surface area contributed by atoms with Gasteiger partial charge < -0.3 is 10.5 Å². The lowest BCUT2D eigenvalue weighted by Gasteiger charge is -2.07. The van der Waals surface area contributed by atoms with E-state index >= 15 is 0 Å². The van der Waals surface area contributed by atoms with Crippen LogP contribution in [0.2, 0.25) is 0 Å². The lowest BCUT2D eigenvalue weighted by molar-refractivity contribution is 0.343.